The second-order valence-corrected chi connectivity index (χ2v) is 8.83. The van der Waals surface area contributed by atoms with Gasteiger partial charge in [-0.2, -0.15) is 0 Å². The van der Waals surface area contributed by atoms with Crippen molar-refractivity contribution in [1.82, 2.24) is 10.6 Å². The lowest BCUT2D eigenvalue weighted by atomic mass is 9.83. The molecule has 0 aromatic heterocycles. The summed E-state index contributed by atoms with van der Waals surface area (Å²) in [5, 5.41) is 7.05. The molecule has 1 aromatic carbocycles. The molecular formula is C24H41IN4O2. The standard InChI is InChI=1S/C24H40N4O2.HI/c1-4-25-23(27-19-24(13-15-29-2)11-5-6-12-24)26-17-20-10-14-28(18-20)21-8-7-9-22(16-21)30-3;/h7-9,16,20H,4-6,10-15,17-19H2,1-3H3,(H2,25,26,27);1H. The van der Waals surface area contributed by atoms with Gasteiger partial charge in [-0.3, -0.25) is 4.99 Å². The Morgan fingerprint density at radius 1 is 1.23 bits per heavy atom. The third kappa shape index (κ3) is 7.70. The highest BCUT2D eigenvalue weighted by Crippen LogP contribution is 2.41. The molecule has 2 N–H and O–H groups in total. The van der Waals surface area contributed by atoms with Crippen LogP contribution in [0.2, 0.25) is 0 Å². The van der Waals surface area contributed by atoms with Crippen molar-refractivity contribution in [3.63, 3.8) is 0 Å². The van der Waals surface area contributed by atoms with Gasteiger partial charge in [0.2, 0.25) is 0 Å². The second-order valence-electron chi connectivity index (χ2n) is 8.83. The van der Waals surface area contributed by atoms with E-state index >= 15 is 0 Å². The minimum atomic E-state index is 0. The van der Waals surface area contributed by atoms with Crippen LogP contribution < -0.4 is 20.3 Å². The summed E-state index contributed by atoms with van der Waals surface area (Å²) in [5.74, 6) is 2.50. The van der Waals surface area contributed by atoms with E-state index < -0.39 is 0 Å². The van der Waals surface area contributed by atoms with Crippen LogP contribution >= 0.6 is 24.0 Å². The molecule has 0 bridgehead atoms. The van der Waals surface area contributed by atoms with Crippen LogP contribution in [0.15, 0.2) is 29.3 Å². The molecule has 2 fully saturated rings. The highest BCUT2D eigenvalue weighted by atomic mass is 127. The van der Waals surface area contributed by atoms with Crippen molar-refractivity contribution < 1.29 is 9.47 Å². The van der Waals surface area contributed by atoms with E-state index in [1.807, 2.05) is 6.07 Å². The minimum absolute atomic E-state index is 0. The Morgan fingerprint density at radius 2 is 2.03 bits per heavy atom. The number of hydrogen-bond acceptors (Lipinski definition) is 4. The fourth-order valence-electron chi connectivity index (χ4n) is 4.80. The van der Waals surface area contributed by atoms with Gasteiger partial charge in [0.1, 0.15) is 5.75 Å². The molecule has 176 valence electrons. The van der Waals surface area contributed by atoms with Crippen LogP contribution in [0.1, 0.15) is 45.4 Å². The smallest absolute Gasteiger partial charge is 0.191 e. The van der Waals surface area contributed by atoms with E-state index in [1.54, 1.807) is 14.2 Å². The molecule has 1 heterocycles. The topological polar surface area (TPSA) is 58.1 Å². The zero-order valence-corrected chi connectivity index (χ0v) is 21.8. The highest BCUT2D eigenvalue weighted by molar-refractivity contribution is 14.0. The van der Waals surface area contributed by atoms with Gasteiger partial charge in [0.05, 0.1) is 7.11 Å². The van der Waals surface area contributed by atoms with Gasteiger partial charge >= 0.3 is 0 Å². The monoisotopic (exact) mass is 544 g/mol. The summed E-state index contributed by atoms with van der Waals surface area (Å²) < 4.78 is 10.7. The number of rotatable bonds is 10. The first-order chi connectivity index (χ1) is 14.7. The first-order valence-corrected chi connectivity index (χ1v) is 11.6. The van der Waals surface area contributed by atoms with E-state index in [4.69, 9.17) is 14.5 Å². The fourth-order valence-corrected chi connectivity index (χ4v) is 4.80. The zero-order valence-electron chi connectivity index (χ0n) is 19.5. The van der Waals surface area contributed by atoms with E-state index in [0.717, 1.165) is 57.5 Å². The quantitative estimate of drug-likeness (QED) is 0.262. The van der Waals surface area contributed by atoms with E-state index in [1.165, 1.54) is 37.8 Å². The van der Waals surface area contributed by atoms with Crippen molar-refractivity contribution in [3.05, 3.63) is 24.3 Å². The predicted octanol–water partition coefficient (Wildman–Crippen LogP) is 4.29. The molecule has 31 heavy (non-hydrogen) atoms. The lowest BCUT2D eigenvalue weighted by molar-refractivity contribution is 0.141. The van der Waals surface area contributed by atoms with Crippen molar-refractivity contribution >= 4 is 35.6 Å². The molecule has 1 saturated heterocycles. The Bertz CT molecular complexity index is 679. The first kappa shape index (κ1) is 26.0. The van der Waals surface area contributed by atoms with Crippen LogP contribution in [0.3, 0.4) is 0 Å². The predicted molar refractivity (Wildman–Crippen MR) is 140 cm³/mol. The molecule has 1 atom stereocenters. The molecule has 0 spiro atoms. The van der Waals surface area contributed by atoms with Crippen molar-refractivity contribution in [2.75, 3.05) is 58.5 Å². The number of anilines is 1. The summed E-state index contributed by atoms with van der Waals surface area (Å²) in [4.78, 5) is 7.45. The van der Waals surface area contributed by atoms with Crippen LogP contribution in [-0.2, 0) is 4.74 Å². The van der Waals surface area contributed by atoms with E-state index in [0.29, 0.717) is 11.3 Å². The Kier molecular flexibility index (Phi) is 11.2. The summed E-state index contributed by atoms with van der Waals surface area (Å²) in [6.07, 6.45) is 7.51. The molecular weight excluding hydrogens is 503 g/mol. The highest BCUT2D eigenvalue weighted by Gasteiger charge is 2.33. The Labute approximate surface area is 205 Å². The van der Waals surface area contributed by atoms with Gasteiger partial charge in [-0.1, -0.05) is 18.9 Å². The normalized spacial score (nSPS) is 20.4. The van der Waals surface area contributed by atoms with E-state index in [9.17, 15) is 0 Å². The third-order valence-corrected chi connectivity index (χ3v) is 6.68. The second kappa shape index (κ2) is 13.4. The molecule has 6 nitrogen and oxygen atoms in total. The maximum absolute atomic E-state index is 5.38. The SMILES string of the molecule is CCNC(=NCC1(CCOC)CCCC1)NCC1CCN(c2cccc(OC)c2)C1.I. The average molecular weight is 545 g/mol. The van der Waals surface area contributed by atoms with Crippen LogP contribution in [0.5, 0.6) is 5.75 Å². The van der Waals surface area contributed by atoms with Gasteiger partial charge in [0.25, 0.3) is 0 Å². The number of hydrogen-bond donors (Lipinski definition) is 2. The number of guanidine groups is 1. The number of aliphatic imine (C=N–C) groups is 1. The number of benzene rings is 1. The maximum Gasteiger partial charge on any atom is 0.191 e. The fraction of sp³-hybridized carbons (Fsp3) is 0.708. The third-order valence-electron chi connectivity index (χ3n) is 6.68. The van der Waals surface area contributed by atoms with Gasteiger partial charge in [-0.05, 0) is 56.1 Å². The Hall–Kier alpha value is -1.22. The Balaban J connectivity index is 0.00000341. The van der Waals surface area contributed by atoms with Gasteiger partial charge in [-0.15, -0.1) is 24.0 Å². The molecule has 1 saturated carbocycles. The maximum atomic E-state index is 5.38. The molecule has 1 aliphatic heterocycles. The molecule has 1 aliphatic carbocycles. The van der Waals surface area contributed by atoms with Crippen LogP contribution in [-0.4, -0.2) is 59.5 Å². The number of nitrogens with one attached hydrogen (secondary N) is 2. The van der Waals surface area contributed by atoms with Crippen molar-refractivity contribution in [1.29, 1.82) is 0 Å². The molecule has 1 aromatic rings. The summed E-state index contributed by atoms with van der Waals surface area (Å²) in [5.41, 5.74) is 1.58. The summed E-state index contributed by atoms with van der Waals surface area (Å²) in [7, 11) is 3.52. The van der Waals surface area contributed by atoms with Gasteiger partial charge in [-0.25, -0.2) is 0 Å². The first-order valence-electron chi connectivity index (χ1n) is 11.6. The summed E-state index contributed by atoms with van der Waals surface area (Å²) in [6, 6.07) is 8.37. The summed E-state index contributed by atoms with van der Waals surface area (Å²) in [6.45, 7) is 7.86. The van der Waals surface area contributed by atoms with Crippen molar-refractivity contribution in [2.45, 2.75) is 45.4 Å². The van der Waals surface area contributed by atoms with Crippen molar-refractivity contribution in [3.8, 4) is 5.75 Å². The van der Waals surface area contributed by atoms with Gasteiger partial charge in [0, 0.05) is 58.2 Å². The number of nitrogens with zero attached hydrogens (tertiary/aromatic N) is 2. The van der Waals surface area contributed by atoms with Crippen LogP contribution in [0, 0.1) is 11.3 Å². The molecule has 2 aliphatic rings. The molecule has 0 amide bonds. The van der Waals surface area contributed by atoms with Gasteiger partial charge in [0.15, 0.2) is 5.96 Å². The lowest BCUT2D eigenvalue weighted by Gasteiger charge is -2.27. The van der Waals surface area contributed by atoms with Crippen LogP contribution in [0.4, 0.5) is 5.69 Å². The zero-order chi connectivity index (χ0) is 21.2. The molecule has 3 rings (SSSR count). The van der Waals surface area contributed by atoms with E-state index in [-0.39, 0.29) is 24.0 Å². The largest absolute Gasteiger partial charge is 0.497 e. The Morgan fingerprint density at radius 3 is 2.74 bits per heavy atom. The van der Waals surface area contributed by atoms with Crippen LogP contribution in [0.25, 0.3) is 0 Å². The minimum Gasteiger partial charge on any atom is -0.497 e. The number of halogens is 1. The molecule has 0 radical (unpaired) electrons. The number of ether oxygens (including phenoxy) is 2. The average Bonchev–Trinajstić information content (AvgIpc) is 3.45. The summed E-state index contributed by atoms with van der Waals surface area (Å²) >= 11 is 0. The molecule has 1 unspecified atom stereocenters. The number of methoxy groups -OCH3 is 2. The van der Waals surface area contributed by atoms with Crippen molar-refractivity contribution in [2.24, 2.45) is 16.3 Å². The molecule has 7 heteroatoms. The van der Waals surface area contributed by atoms with Gasteiger partial charge < -0.3 is 25.0 Å². The van der Waals surface area contributed by atoms with E-state index in [2.05, 4.69) is 40.7 Å². The lowest BCUT2D eigenvalue weighted by Crippen LogP contribution is -2.41.